The second-order valence-corrected chi connectivity index (χ2v) is 8.76. The van der Waals surface area contributed by atoms with E-state index in [-0.39, 0.29) is 17.1 Å². The van der Waals surface area contributed by atoms with E-state index < -0.39 is 41.3 Å². The first-order valence-corrected chi connectivity index (χ1v) is 11.2. The molecule has 1 fully saturated rings. The number of amides is 2. The fraction of sp³-hybridized carbons (Fsp3) is 0.250. The molecule has 0 spiro atoms. The van der Waals surface area contributed by atoms with E-state index in [9.17, 15) is 32.4 Å². The van der Waals surface area contributed by atoms with Crippen molar-refractivity contribution < 1.29 is 31.9 Å². The van der Waals surface area contributed by atoms with Gasteiger partial charge in [0.05, 0.1) is 16.8 Å². The minimum absolute atomic E-state index is 0.0458. The fourth-order valence-corrected chi connectivity index (χ4v) is 3.69. The molecule has 2 amide bonds. The molecule has 1 saturated carbocycles. The van der Waals surface area contributed by atoms with Gasteiger partial charge >= 0.3 is 6.36 Å². The largest absolute Gasteiger partial charge is 0.573 e. The lowest BCUT2D eigenvalue weighted by Crippen LogP contribution is -2.51. The van der Waals surface area contributed by atoms with Crippen molar-refractivity contribution in [2.24, 2.45) is 0 Å². The third kappa shape index (κ3) is 6.56. The predicted octanol–water partition coefficient (Wildman–Crippen LogP) is 4.08. The second-order valence-electron chi connectivity index (χ2n) is 8.35. The van der Waals surface area contributed by atoms with Crippen LogP contribution in [0.2, 0.25) is 5.02 Å². The molecule has 2 N–H and O–H groups in total. The van der Waals surface area contributed by atoms with E-state index in [1.165, 1.54) is 53.3 Å². The maximum atomic E-state index is 13.2. The van der Waals surface area contributed by atoms with Gasteiger partial charge in [0, 0.05) is 12.6 Å². The first-order valence-electron chi connectivity index (χ1n) is 10.9. The van der Waals surface area contributed by atoms with Crippen LogP contribution in [0.3, 0.4) is 0 Å². The van der Waals surface area contributed by atoms with Crippen molar-refractivity contribution in [1.29, 1.82) is 5.26 Å². The number of hydrogen-bond acceptors (Lipinski definition) is 5. The van der Waals surface area contributed by atoms with Crippen LogP contribution >= 0.6 is 11.6 Å². The molecule has 4 rings (SSSR count). The Labute approximate surface area is 212 Å². The molecule has 1 aromatic heterocycles. The zero-order valence-corrected chi connectivity index (χ0v) is 19.6. The van der Waals surface area contributed by atoms with Crippen LogP contribution in [0.1, 0.15) is 28.9 Å². The van der Waals surface area contributed by atoms with Gasteiger partial charge in [-0.15, -0.1) is 13.2 Å². The van der Waals surface area contributed by atoms with Gasteiger partial charge in [0.2, 0.25) is 5.91 Å². The number of nitrogens with one attached hydrogen (secondary N) is 2. The maximum Gasteiger partial charge on any atom is 0.573 e. The van der Waals surface area contributed by atoms with E-state index >= 15 is 0 Å². The van der Waals surface area contributed by atoms with Gasteiger partial charge in [-0.25, -0.2) is 9.07 Å². The number of carbonyl (C=O) groups is 2. The lowest BCUT2D eigenvalue weighted by molar-refractivity contribution is -0.274. The van der Waals surface area contributed by atoms with E-state index in [4.69, 9.17) is 11.6 Å². The maximum absolute atomic E-state index is 13.2. The number of nitrogens with zero attached hydrogens (tertiary/aromatic N) is 3. The van der Waals surface area contributed by atoms with E-state index in [1.807, 2.05) is 6.07 Å². The number of hydrogen-bond donors (Lipinski definition) is 2. The summed E-state index contributed by atoms with van der Waals surface area (Å²) in [6.07, 6.45) is -2.70. The monoisotopic (exact) mass is 535 g/mol. The highest BCUT2D eigenvalue weighted by Gasteiger charge is 2.45. The van der Waals surface area contributed by atoms with Gasteiger partial charge in [-0.1, -0.05) is 17.7 Å². The molecule has 2 aromatic carbocycles. The molecule has 0 aliphatic heterocycles. The molecule has 1 unspecified atom stereocenters. The van der Waals surface area contributed by atoms with Crippen LogP contribution in [0, 0.1) is 17.1 Å². The first kappa shape index (κ1) is 26.0. The Morgan fingerprint density at radius 1 is 1.19 bits per heavy atom. The number of nitriles is 1. The van der Waals surface area contributed by atoms with Crippen molar-refractivity contribution >= 4 is 23.4 Å². The Morgan fingerprint density at radius 2 is 1.89 bits per heavy atom. The first-order chi connectivity index (χ1) is 17.5. The third-order valence-electron chi connectivity index (χ3n) is 5.52. The molecule has 3 aromatic rings. The smallest absolute Gasteiger partial charge is 0.404 e. The van der Waals surface area contributed by atoms with Crippen LogP contribution in [0.5, 0.6) is 5.75 Å². The Hall–Kier alpha value is -4.11. The van der Waals surface area contributed by atoms with Crippen molar-refractivity contribution in [2.45, 2.75) is 37.2 Å². The summed E-state index contributed by atoms with van der Waals surface area (Å²) >= 11 is 5.92. The predicted molar refractivity (Wildman–Crippen MR) is 122 cm³/mol. The summed E-state index contributed by atoms with van der Waals surface area (Å²) in [5, 5.41) is 18.3. The number of halogens is 5. The zero-order chi connectivity index (χ0) is 26.8. The van der Waals surface area contributed by atoms with Crippen molar-refractivity contribution in [3.05, 3.63) is 76.8 Å². The van der Waals surface area contributed by atoms with Crippen LogP contribution < -0.4 is 15.4 Å². The Kier molecular flexibility index (Phi) is 7.09. The normalized spacial score (nSPS) is 14.8. The van der Waals surface area contributed by atoms with E-state index in [1.54, 1.807) is 0 Å². The molecule has 1 aliphatic carbocycles. The number of rotatable bonds is 8. The molecule has 1 heterocycles. The van der Waals surface area contributed by atoms with E-state index in [0.717, 1.165) is 6.07 Å². The summed E-state index contributed by atoms with van der Waals surface area (Å²) in [5.74, 6) is -2.43. The molecule has 0 saturated heterocycles. The van der Waals surface area contributed by atoms with Crippen LogP contribution in [0.4, 0.5) is 17.6 Å². The van der Waals surface area contributed by atoms with E-state index in [0.29, 0.717) is 24.1 Å². The van der Waals surface area contributed by atoms with Gasteiger partial charge in [-0.3, -0.25) is 9.59 Å². The summed E-state index contributed by atoms with van der Waals surface area (Å²) in [7, 11) is 0. The van der Waals surface area contributed by atoms with Gasteiger partial charge < -0.3 is 15.4 Å². The van der Waals surface area contributed by atoms with Crippen molar-refractivity contribution in [3.8, 4) is 17.5 Å². The number of alkyl halides is 3. The summed E-state index contributed by atoms with van der Waals surface area (Å²) < 4.78 is 56.0. The molecule has 0 bridgehead atoms. The van der Waals surface area contributed by atoms with Crippen LogP contribution in [-0.2, 0) is 11.2 Å². The van der Waals surface area contributed by atoms with Crippen molar-refractivity contribution in [1.82, 2.24) is 20.4 Å². The summed E-state index contributed by atoms with van der Waals surface area (Å²) in [6.45, 7) is 0. The topological polar surface area (TPSA) is 109 Å². The Morgan fingerprint density at radius 3 is 2.49 bits per heavy atom. The number of carbonyl (C=O) groups excluding carboxylic acids is 2. The van der Waals surface area contributed by atoms with Gasteiger partial charge in [0.25, 0.3) is 5.91 Å². The highest BCUT2D eigenvalue weighted by Crippen LogP contribution is 2.34. The Bertz CT molecular complexity index is 1360. The average Bonchev–Trinajstić information content (AvgIpc) is 3.43. The van der Waals surface area contributed by atoms with Gasteiger partial charge in [0.15, 0.2) is 5.69 Å². The molecule has 8 nitrogen and oxygen atoms in total. The van der Waals surface area contributed by atoms with Gasteiger partial charge in [-0.05, 0) is 60.9 Å². The number of benzene rings is 2. The molecular formula is C24H18ClF4N5O3. The van der Waals surface area contributed by atoms with Crippen LogP contribution in [0.15, 0.2) is 54.7 Å². The minimum atomic E-state index is -4.94. The number of aromatic nitrogens is 2. The lowest BCUT2D eigenvalue weighted by Gasteiger charge is -2.20. The van der Waals surface area contributed by atoms with Gasteiger partial charge in [-0.2, -0.15) is 10.4 Å². The molecule has 1 aliphatic rings. The average molecular weight is 536 g/mol. The standard InChI is InChI=1S/C24H18ClF4N5O3/c25-17-11-14(1-6-20(17)37-24(27,28)29)12-19(22(36)32-23(13-30)8-9-23)31-21(35)18-7-10-34(33-18)16-4-2-15(26)3-5-16/h1-7,10-11,19H,8-9,12H2,(H,31,35)(H,32,36). The molecule has 1 atom stereocenters. The summed E-state index contributed by atoms with van der Waals surface area (Å²) in [5.41, 5.74) is -0.240. The zero-order valence-electron chi connectivity index (χ0n) is 18.9. The third-order valence-corrected chi connectivity index (χ3v) is 5.82. The van der Waals surface area contributed by atoms with E-state index in [2.05, 4.69) is 20.5 Å². The fourth-order valence-electron chi connectivity index (χ4n) is 3.45. The molecular weight excluding hydrogens is 518 g/mol. The molecule has 13 heteroatoms. The highest BCUT2D eigenvalue weighted by atomic mass is 35.5. The summed E-state index contributed by atoms with van der Waals surface area (Å²) in [6, 6.07) is 11.1. The number of ether oxygens (including phenoxy) is 1. The SMILES string of the molecule is N#CC1(NC(=O)C(Cc2ccc(OC(F)(F)F)c(Cl)c2)NC(=O)c2ccn(-c3ccc(F)cc3)n2)CC1. The van der Waals surface area contributed by atoms with Crippen LogP contribution in [-0.4, -0.2) is 39.5 Å². The molecule has 37 heavy (non-hydrogen) atoms. The van der Waals surface area contributed by atoms with Gasteiger partial charge in [0.1, 0.15) is 23.1 Å². The quantitative estimate of drug-likeness (QED) is 0.423. The van der Waals surface area contributed by atoms with Crippen molar-refractivity contribution in [2.75, 3.05) is 0 Å². The molecule has 192 valence electrons. The second kappa shape index (κ2) is 10.1. The summed E-state index contributed by atoms with van der Waals surface area (Å²) in [4.78, 5) is 25.9. The highest BCUT2D eigenvalue weighted by molar-refractivity contribution is 6.32. The molecule has 0 radical (unpaired) electrons. The minimum Gasteiger partial charge on any atom is -0.404 e. The van der Waals surface area contributed by atoms with Crippen molar-refractivity contribution in [3.63, 3.8) is 0 Å². The Balaban J connectivity index is 1.53. The lowest BCUT2D eigenvalue weighted by atomic mass is 10.0. The van der Waals surface area contributed by atoms with Crippen LogP contribution in [0.25, 0.3) is 5.69 Å².